The summed E-state index contributed by atoms with van der Waals surface area (Å²) in [4.78, 5) is 14.0. The van der Waals surface area contributed by atoms with Crippen molar-refractivity contribution in [1.29, 1.82) is 0 Å². The monoisotopic (exact) mass is 214 g/mol. The molecule has 0 aromatic carbocycles. The van der Waals surface area contributed by atoms with Crippen molar-refractivity contribution in [1.82, 2.24) is 5.32 Å². The first-order valence-electron chi connectivity index (χ1n) is 4.80. The lowest BCUT2D eigenvalue weighted by atomic mass is 10.2. The van der Waals surface area contributed by atoms with Crippen LogP contribution in [0.15, 0.2) is 5.11 Å². The maximum absolute atomic E-state index is 11.3. The van der Waals surface area contributed by atoms with Gasteiger partial charge in [0.15, 0.2) is 0 Å². The lowest BCUT2D eigenvalue weighted by Gasteiger charge is -2.23. The molecule has 0 bridgehead atoms. The van der Waals surface area contributed by atoms with Crippen LogP contribution in [0.4, 0.5) is 4.79 Å². The van der Waals surface area contributed by atoms with Gasteiger partial charge in [-0.15, -0.1) is 0 Å². The van der Waals surface area contributed by atoms with Gasteiger partial charge in [0, 0.05) is 11.0 Å². The van der Waals surface area contributed by atoms with Crippen molar-refractivity contribution in [2.75, 3.05) is 0 Å². The molecule has 6 heteroatoms. The molecule has 0 spiro atoms. The van der Waals surface area contributed by atoms with E-state index in [2.05, 4.69) is 15.3 Å². The van der Waals surface area contributed by atoms with Crippen LogP contribution in [-0.2, 0) is 4.74 Å². The highest BCUT2D eigenvalue weighted by molar-refractivity contribution is 5.68. The van der Waals surface area contributed by atoms with E-state index in [1.807, 2.05) is 0 Å². The minimum atomic E-state index is -0.522. The molecule has 1 N–H and O–H groups in total. The van der Waals surface area contributed by atoms with E-state index in [9.17, 15) is 4.79 Å². The van der Waals surface area contributed by atoms with E-state index < -0.39 is 11.7 Å². The van der Waals surface area contributed by atoms with Crippen LogP contribution in [0.1, 0.15) is 34.6 Å². The standard InChI is InChI=1S/C9H18N4O2/c1-6(7(2)12-13-10)11-8(14)15-9(3,4)5/h6-7H,1-5H3,(H,11,14)/t6-,7-/m1/s1. The van der Waals surface area contributed by atoms with Crippen LogP contribution >= 0.6 is 0 Å². The quantitative estimate of drug-likeness (QED) is 0.444. The normalized spacial score (nSPS) is 14.7. The van der Waals surface area contributed by atoms with Crippen LogP contribution in [0.2, 0.25) is 0 Å². The molecule has 0 heterocycles. The number of hydrogen-bond acceptors (Lipinski definition) is 3. The molecule has 15 heavy (non-hydrogen) atoms. The third kappa shape index (κ3) is 6.62. The molecule has 1 amide bonds. The van der Waals surface area contributed by atoms with Gasteiger partial charge >= 0.3 is 6.09 Å². The molecule has 6 nitrogen and oxygen atoms in total. The predicted octanol–water partition coefficient (Wildman–Crippen LogP) is 2.60. The second-order valence-electron chi connectivity index (χ2n) is 4.38. The minimum Gasteiger partial charge on any atom is -0.444 e. The molecule has 0 aliphatic heterocycles. The van der Waals surface area contributed by atoms with Gasteiger partial charge in [-0.25, -0.2) is 4.79 Å². The Morgan fingerprint density at radius 3 is 2.40 bits per heavy atom. The average molecular weight is 214 g/mol. The Labute approximate surface area is 89.6 Å². The van der Waals surface area contributed by atoms with Crippen LogP contribution in [0.25, 0.3) is 10.4 Å². The van der Waals surface area contributed by atoms with E-state index in [-0.39, 0.29) is 12.1 Å². The highest BCUT2D eigenvalue weighted by Gasteiger charge is 2.19. The number of hydrogen-bond donors (Lipinski definition) is 1. The van der Waals surface area contributed by atoms with Gasteiger partial charge in [-0.1, -0.05) is 12.0 Å². The number of azide groups is 1. The molecular formula is C9H18N4O2. The fraction of sp³-hybridized carbons (Fsp3) is 0.889. The summed E-state index contributed by atoms with van der Waals surface area (Å²) in [6, 6.07) is -0.557. The molecule has 0 rings (SSSR count). The first-order chi connectivity index (χ1) is 6.76. The molecule has 0 saturated carbocycles. The molecule has 0 aliphatic carbocycles. The SMILES string of the molecule is C[C@@H](N=[N+]=[N-])[C@@H](C)NC(=O)OC(C)(C)C. The summed E-state index contributed by atoms with van der Waals surface area (Å²) < 4.78 is 5.05. The second kappa shape index (κ2) is 5.46. The molecule has 0 aliphatic rings. The Bertz CT molecular complexity index is 266. The van der Waals surface area contributed by atoms with Gasteiger partial charge in [0.05, 0.1) is 6.04 Å². The van der Waals surface area contributed by atoms with Crippen molar-refractivity contribution in [3.05, 3.63) is 10.4 Å². The van der Waals surface area contributed by atoms with E-state index >= 15 is 0 Å². The van der Waals surface area contributed by atoms with Crippen LogP contribution in [0.3, 0.4) is 0 Å². The fourth-order valence-corrected chi connectivity index (χ4v) is 0.796. The van der Waals surface area contributed by atoms with E-state index in [0.29, 0.717) is 0 Å². The van der Waals surface area contributed by atoms with Crippen molar-refractivity contribution in [2.24, 2.45) is 5.11 Å². The topological polar surface area (TPSA) is 87.1 Å². The predicted molar refractivity (Wildman–Crippen MR) is 57.4 cm³/mol. The van der Waals surface area contributed by atoms with Gasteiger partial charge in [-0.2, -0.15) is 0 Å². The molecule has 0 unspecified atom stereocenters. The van der Waals surface area contributed by atoms with Crippen molar-refractivity contribution in [3.8, 4) is 0 Å². The summed E-state index contributed by atoms with van der Waals surface area (Å²) in [6.45, 7) is 8.83. The number of nitrogens with one attached hydrogen (secondary N) is 1. The van der Waals surface area contributed by atoms with E-state index in [0.717, 1.165) is 0 Å². The van der Waals surface area contributed by atoms with Crippen LogP contribution in [0.5, 0.6) is 0 Å². The highest BCUT2D eigenvalue weighted by atomic mass is 16.6. The van der Waals surface area contributed by atoms with Crippen LogP contribution in [0, 0.1) is 0 Å². The lowest BCUT2D eigenvalue weighted by molar-refractivity contribution is 0.0503. The van der Waals surface area contributed by atoms with E-state index in [4.69, 9.17) is 10.3 Å². The van der Waals surface area contributed by atoms with Gasteiger partial charge in [-0.05, 0) is 33.2 Å². The summed E-state index contributed by atoms with van der Waals surface area (Å²) in [5.74, 6) is 0. The maximum atomic E-state index is 11.3. The van der Waals surface area contributed by atoms with E-state index in [1.54, 1.807) is 34.6 Å². The van der Waals surface area contributed by atoms with Gasteiger partial charge < -0.3 is 10.1 Å². The Hall–Kier alpha value is -1.42. The zero-order valence-electron chi connectivity index (χ0n) is 9.81. The number of rotatable bonds is 3. The number of nitrogens with zero attached hydrogens (tertiary/aromatic N) is 3. The Morgan fingerprint density at radius 2 is 2.00 bits per heavy atom. The summed E-state index contributed by atoms with van der Waals surface area (Å²) in [5.41, 5.74) is 7.70. The Balaban J connectivity index is 4.13. The highest BCUT2D eigenvalue weighted by Crippen LogP contribution is 2.07. The number of ether oxygens (including phenoxy) is 1. The molecular weight excluding hydrogens is 196 g/mol. The third-order valence-electron chi connectivity index (χ3n) is 1.70. The first kappa shape index (κ1) is 13.6. The molecule has 0 radical (unpaired) electrons. The number of amides is 1. The summed E-state index contributed by atoms with van der Waals surface area (Å²) in [7, 11) is 0. The largest absolute Gasteiger partial charge is 0.444 e. The molecule has 0 aromatic rings. The van der Waals surface area contributed by atoms with Gasteiger partial charge in [0.25, 0.3) is 0 Å². The summed E-state index contributed by atoms with van der Waals surface area (Å²) in [6.07, 6.45) is -0.505. The molecule has 0 fully saturated rings. The smallest absolute Gasteiger partial charge is 0.407 e. The van der Waals surface area contributed by atoms with Crippen molar-refractivity contribution < 1.29 is 9.53 Å². The number of carbonyl (C=O) groups excluding carboxylic acids is 1. The second-order valence-corrected chi connectivity index (χ2v) is 4.38. The minimum absolute atomic E-state index is 0.254. The van der Waals surface area contributed by atoms with Crippen LogP contribution in [-0.4, -0.2) is 23.8 Å². The zero-order chi connectivity index (χ0) is 12.1. The molecule has 2 atom stereocenters. The van der Waals surface area contributed by atoms with Gasteiger partial charge in [0.2, 0.25) is 0 Å². The van der Waals surface area contributed by atoms with Crippen molar-refractivity contribution in [2.45, 2.75) is 52.3 Å². The third-order valence-corrected chi connectivity index (χ3v) is 1.70. The number of carbonyl (C=O) groups is 1. The van der Waals surface area contributed by atoms with Gasteiger partial charge in [0.1, 0.15) is 5.60 Å². The summed E-state index contributed by atoms with van der Waals surface area (Å²) >= 11 is 0. The first-order valence-corrected chi connectivity index (χ1v) is 4.80. The molecule has 0 aromatic heterocycles. The Kier molecular flexibility index (Phi) is 4.94. The zero-order valence-corrected chi connectivity index (χ0v) is 9.81. The fourth-order valence-electron chi connectivity index (χ4n) is 0.796. The van der Waals surface area contributed by atoms with Crippen LogP contribution < -0.4 is 5.32 Å². The van der Waals surface area contributed by atoms with Gasteiger partial charge in [-0.3, -0.25) is 0 Å². The van der Waals surface area contributed by atoms with E-state index in [1.165, 1.54) is 0 Å². The Morgan fingerprint density at radius 1 is 1.47 bits per heavy atom. The van der Waals surface area contributed by atoms with Crippen molar-refractivity contribution >= 4 is 6.09 Å². The summed E-state index contributed by atoms with van der Waals surface area (Å²) in [5, 5.41) is 6.08. The molecule has 0 saturated heterocycles. The molecule has 86 valence electrons. The maximum Gasteiger partial charge on any atom is 0.407 e. The number of alkyl carbamates (subject to hydrolysis) is 1. The average Bonchev–Trinajstić information content (AvgIpc) is 2.00. The lowest BCUT2D eigenvalue weighted by Crippen LogP contribution is -2.41. The van der Waals surface area contributed by atoms with Crippen molar-refractivity contribution in [3.63, 3.8) is 0 Å².